The first-order valence-electron chi connectivity index (χ1n) is 9.33. The molecule has 9 heteroatoms. The summed E-state index contributed by atoms with van der Waals surface area (Å²) in [5.74, 6) is 0.891. The fourth-order valence-electron chi connectivity index (χ4n) is 2.64. The zero-order valence-corrected chi connectivity index (χ0v) is 18.6. The minimum Gasteiger partial charge on any atom is -0.493 e. The molecule has 3 N–H and O–H groups in total. The number of benzene rings is 2. The van der Waals surface area contributed by atoms with E-state index in [1.807, 2.05) is 32.0 Å². The Kier molecular flexibility index (Phi) is 8.83. The van der Waals surface area contributed by atoms with Crippen molar-refractivity contribution >= 4 is 35.2 Å². The molecule has 0 aliphatic rings. The number of aryl methyl sites for hydroxylation is 2. The molecule has 8 nitrogen and oxygen atoms in total. The van der Waals surface area contributed by atoms with Gasteiger partial charge in [-0.15, -0.1) is 0 Å². The maximum absolute atomic E-state index is 12.0. The molecule has 0 saturated heterocycles. The molecule has 2 aromatic rings. The summed E-state index contributed by atoms with van der Waals surface area (Å²) in [5, 5.41) is 2.38. The topological polar surface area (TPSA) is 97.9 Å². The highest BCUT2D eigenvalue weighted by atomic mass is 32.1. The Bertz CT molecular complexity index is 971. The molecule has 2 amide bonds. The molecule has 0 aliphatic heterocycles. The van der Waals surface area contributed by atoms with Gasteiger partial charge in [-0.05, 0) is 61.0 Å². The molecule has 0 heterocycles. The van der Waals surface area contributed by atoms with E-state index in [1.54, 1.807) is 31.4 Å². The largest absolute Gasteiger partial charge is 0.493 e. The van der Waals surface area contributed by atoms with Crippen molar-refractivity contribution in [2.24, 2.45) is 0 Å². The van der Waals surface area contributed by atoms with Gasteiger partial charge in [-0.3, -0.25) is 25.8 Å². The lowest BCUT2D eigenvalue weighted by Crippen LogP contribution is -2.49. The second-order valence-electron chi connectivity index (χ2n) is 6.45. The summed E-state index contributed by atoms with van der Waals surface area (Å²) in [5.41, 5.74) is 7.44. The summed E-state index contributed by atoms with van der Waals surface area (Å²) in [6.45, 7) is 3.60. The first kappa shape index (κ1) is 23.7. The lowest BCUT2D eigenvalue weighted by atomic mass is 10.1. The van der Waals surface area contributed by atoms with Crippen LogP contribution in [0.4, 0.5) is 0 Å². The van der Waals surface area contributed by atoms with E-state index < -0.39 is 11.8 Å². The van der Waals surface area contributed by atoms with Crippen LogP contribution < -0.4 is 30.4 Å². The summed E-state index contributed by atoms with van der Waals surface area (Å²) < 4.78 is 15.9. The highest BCUT2D eigenvalue weighted by molar-refractivity contribution is 7.80. The molecule has 0 fully saturated rings. The Labute approximate surface area is 186 Å². The van der Waals surface area contributed by atoms with E-state index in [4.69, 9.17) is 26.4 Å². The number of hydrogen-bond donors (Lipinski definition) is 3. The molecule has 0 spiro atoms. The minimum absolute atomic E-state index is 0.0533. The minimum atomic E-state index is -0.465. The van der Waals surface area contributed by atoms with Gasteiger partial charge in [-0.25, -0.2) is 0 Å². The van der Waals surface area contributed by atoms with Crippen LogP contribution in [0.1, 0.15) is 16.7 Å². The first-order chi connectivity index (χ1) is 14.8. The fraction of sp³-hybridized carbons (Fsp3) is 0.227. The normalized spacial score (nSPS) is 10.3. The lowest BCUT2D eigenvalue weighted by Gasteiger charge is -2.13. The number of nitrogens with one attached hydrogen (secondary N) is 3. The molecule has 0 aromatic heterocycles. The van der Waals surface area contributed by atoms with Crippen LogP contribution in [0.25, 0.3) is 6.08 Å². The van der Waals surface area contributed by atoms with Crippen molar-refractivity contribution in [3.8, 4) is 17.2 Å². The average molecular weight is 444 g/mol. The number of hydrogen-bond acceptors (Lipinski definition) is 6. The third-order valence-electron chi connectivity index (χ3n) is 4.14. The Morgan fingerprint density at radius 2 is 1.68 bits per heavy atom. The number of carbonyl (C=O) groups is 2. The van der Waals surface area contributed by atoms with Crippen LogP contribution in [0, 0.1) is 13.8 Å². The highest BCUT2D eigenvalue weighted by Gasteiger charge is 2.08. The van der Waals surface area contributed by atoms with Gasteiger partial charge in [0.1, 0.15) is 5.75 Å². The fourth-order valence-corrected chi connectivity index (χ4v) is 2.79. The molecule has 0 unspecified atom stereocenters. The first-order valence-corrected chi connectivity index (χ1v) is 9.73. The number of carbonyl (C=O) groups excluding carboxylic acids is 2. The van der Waals surface area contributed by atoms with E-state index in [9.17, 15) is 9.59 Å². The zero-order chi connectivity index (χ0) is 22.8. The van der Waals surface area contributed by atoms with Gasteiger partial charge >= 0.3 is 0 Å². The van der Waals surface area contributed by atoms with Gasteiger partial charge < -0.3 is 14.2 Å². The standard InChI is InChI=1S/C22H25N3O5S/c1-14-6-5-7-15(2)21(14)30-13-20(27)24-25-22(31)23-19(26)11-9-16-8-10-17(28-3)18(12-16)29-4/h5-12H,13H2,1-4H3,(H,24,27)(H2,23,25,26,31)/b11-9+. The maximum atomic E-state index is 12.0. The van der Waals surface area contributed by atoms with Crippen LogP contribution in [0.5, 0.6) is 17.2 Å². The number of para-hydroxylation sites is 1. The van der Waals surface area contributed by atoms with Gasteiger partial charge in [0.25, 0.3) is 5.91 Å². The molecular weight excluding hydrogens is 418 g/mol. The van der Waals surface area contributed by atoms with Crippen molar-refractivity contribution in [3.05, 3.63) is 59.2 Å². The van der Waals surface area contributed by atoms with Crippen molar-refractivity contribution < 1.29 is 23.8 Å². The van der Waals surface area contributed by atoms with Crippen LogP contribution in [-0.4, -0.2) is 37.8 Å². The smallest absolute Gasteiger partial charge is 0.276 e. The molecule has 0 bridgehead atoms. The SMILES string of the molecule is COc1ccc(/C=C/C(=O)NC(=S)NNC(=O)COc2c(C)cccc2C)cc1OC. The molecule has 2 aromatic carbocycles. The van der Waals surface area contributed by atoms with Crippen LogP contribution in [-0.2, 0) is 9.59 Å². The quantitative estimate of drug-likeness (QED) is 0.343. The molecule has 164 valence electrons. The van der Waals surface area contributed by atoms with Crippen molar-refractivity contribution in [1.29, 1.82) is 0 Å². The summed E-state index contributed by atoms with van der Waals surface area (Å²) >= 11 is 5.00. The summed E-state index contributed by atoms with van der Waals surface area (Å²) in [4.78, 5) is 24.0. The van der Waals surface area contributed by atoms with E-state index in [0.717, 1.165) is 16.7 Å². The molecule has 0 saturated carbocycles. The molecule has 2 rings (SSSR count). The monoisotopic (exact) mass is 443 g/mol. The number of amides is 2. The second kappa shape index (κ2) is 11.6. The van der Waals surface area contributed by atoms with Crippen molar-refractivity contribution in [1.82, 2.24) is 16.2 Å². The molecule has 31 heavy (non-hydrogen) atoms. The molecule has 0 radical (unpaired) electrons. The van der Waals surface area contributed by atoms with E-state index in [0.29, 0.717) is 17.2 Å². The predicted octanol–water partition coefficient (Wildman–Crippen LogP) is 2.43. The van der Waals surface area contributed by atoms with Crippen LogP contribution in [0.15, 0.2) is 42.5 Å². The van der Waals surface area contributed by atoms with E-state index in [1.165, 1.54) is 13.2 Å². The summed E-state index contributed by atoms with van der Waals surface area (Å²) in [6.07, 6.45) is 2.90. The Balaban J connectivity index is 1.78. The second-order valence-corrected chi connectivity index (χ2v) is 6.86. The van der Waals surface area contributed by atoms with Gasteiger partial charge in [0.15, 0.2) is 23.2 Å². The van der Waals surface area contributed by atoms with Gasteiger partial charge in [-0.1, -0.05) is 24.3 Å². The van der Waals surface area contributed by atoms with Crippen LogP contribution in [0.3, 0.4) is 0 Å². The Morgan fingerprint density at radius 1 is 1.00 bits per heavy atom. The predicted molar refractivity (Wildman–Crippen MR) is 122 cm³/mol. The van der Waals surface area contributed by atoms with Gasteiger partial charge in [0, 0.05) is 6.08 Å². The van der Waals surface area contributed by atoms with E-state index >= 15 is 0 Å². The van der Waals surface area contributed by atoms with E-state index in [-0.39, 0.29) is 11.7 Å². The highest BCUT2D eigenvalue weighted by Crippen LogP contribution is 2.28. The average Bonchev–Trinajstić information content (AvgIpc) is 2.75. The third kappa shape index (κ3) is 7.31. The number of thiocarbonyl (C=S) groups is 1. The van der Waals surface area contributed by atoms with Crippen LogP contribution >= 0.6 is 12.2 Å². The molecular formula is C22H25N3O5S. The molecule has 0 aliphatic carbocycles. The maximum Gasteiger partial charge on any atom is 0.276 e. The van der Waals surface area contributed by atoms with Crippen LogP contribution in [0.2, 0.25) is 0 Å². The van der Waals surface area contributed by atoms with Gasteiger partial charge in [-0.2, -0.15) is 0 Å². The number of rotatable bonds is 7. The summed E-state index contributed by atoms with van der Waals surface area (Å²) in [7, 11) is 3.08. The number of hydrazine groups is 1. The van der Waals surface area contributed by atoms with Gasteiger partial charge in [0.05, 0.1) is 14.2 Å². The number of methoxy groups -OCH3 is 2. The Hall–Kier alpha value is -3.59. The summed E-state index contributed by atoms with van der Waals surface area (Å²) in [6, 6.07) is 11.0. The number of ether oxygens (including phenoxy) is 3. The molecule has 0 atom stereocenters. The van der Waals surface area contributed by atoms with E-state index in [2.05, 4.69) is 16.2 Å². The Morgan fingerprint density at radius 3 is 2.32 bits per heavy atom. The van der Waals surface area contributed by atoms with Crippen molar-refractivity contribution in [2.45, 2.75) is 13.8 Å². The van der Waals surface area contributed by atoms with Crippen molar-refractivity contribution in [3.63, 3.8) is 0 Å². The van der Waals surface area contributed by atoms with Crippen molar-refractivity contribution in [2.75, 3.05) is 20.8 Å². The zero-order valence-electron chi connectivity index (χ0n) is 17.8. The van der Waals surface area contributed by atoms with Gasteiger partial charge in [0.2, 0.25) is 5.91 Å². The third-order valence-corrected chi connectivity index (χ3v) is 4.35. The lowest BCUT2D eigenvalue weighted by molar-refractivity contribution is -0.123.